The summed E-state index contributed by atoms with van der Waals surface area (Å²) in [5.74, 6) is -4.89. The second-order valence-electron chi connectivity index (χ2n) is 8.61. The minimum Gasteiger partial charge on any atom is -0.490 e. The van der Waals surface area contributed by atoms with Crippen molar-refractivity contribution in [3.05, 3.63) is 95.9 Å². The number of hydrogen-bond acceptors (Lipinski definition) is 5. The van der Waals surface area contributed by atoms with Crippen LogP contribution in [-0.4, -0.2) is 28.8 Å². The highest BCUT2D eigenvalue weighted by molar-refractivity contribution is 5.78. The summed E-state index contributed by atoms with van der Waals surface area (Å²) < 4.78 is 62.3. The van der Waals surface area contributed by atoms with E-state index in [0.29, 0.717) is 11.3 Å². The van der Waals surface area contributed by atoms with Crippen LogP contribution in [0.3, 0.4) is 0 Å². The summed E-state index contributed by atoms with van der Waals surface area (Å²) >= 11 is 0. The van der Waals surface area contributed by atoms with E-state index in [-0.39, 0.29) is 29.0 Å². The normalized spacial score (nSPS) is 15.9. The Morgan fingerprint density at radius 2 is 1.83 bits per heavy atom. The summed E-state index contributed by atoms with van der Waals surface area (Å²) in [5, 5.41) is 11.6. The highest BCUT2D eigenvalue weighted by atomic mass is 19.3. The molecule has 0 aliphatic carbocycles. The van der Waals surface area contributed by atoms with Gasteiger partial charge in [-0.2, -0.15) is 0 Å². The largest absolute Gasteiger partial charge is 0.490 e. The van der Waals surface area contributed by atoms with Gasteiger partial charge in [-0.1, -0.05) is 44.7 Å². The summed E-state index contributed by atoms with van der Waals surface area (Å²) in [6, 6.07) is 8.59. The zero-order chi connectivity index (χ0) is 25.8. The molecule has 4 N–H and O–H groups in total. The summed E-state index contributed by atoms with van der Waals surface area (Å²) in [6.07, 6.45) is 1.68. The van der Waals surface area contributed by atoms with Crippen LogP contribution >= 0.6 is 0 Å². The van der Waals surface area contributed by atoms with E-state index < -0.39 is 36.7 Å². The summed E-state index contributed by atoms with van der Waals surface area (Å²) in [4.78, 5) is 0. The lowest BCUT2D eigenvalue weighted by atomic mass is 10.0. The standard InChI is InChI=1S/C26H29F4N3O2/c1-16(2)25(31)32-33-13-11-19(15-17(33)3)21-5-4-6-22(23(21)28)35-14-12-26(29,30)24(34)18-7-9-20(27)10-8-18/h4-11,13,15-16,24-25,32,34H,3,12,14,31H2,1-2H3. The third-order valence-electron chi connectivity index (χ3n) is 5.59. The lowest BCUT2D eigenvalue weighted by molar-refractivity contribution is -0.120. The van der Waals surface area contributed by atoms with E-state index in [0.717, 1.165) is 24.3 Å². The lowest BCUT2D eigenvalue weighted by Crippen LogP contribution is -2.49. The fourth-order valence-corrected chi connectivity index (χ4v) is 3.32. The molecule has 2 aromatic carbocycles. The molecule has 0 saturated heterocycles. The second-order valence-corrected chi connectivity index (χ2v) is 8.61. The molecule has 1 heterocycles. The van der Waals surface area contributed by atoms with Crippen LogP contribution in [0.25, 0.3) is 5.57 Å². The van der Waals surface area contributed by atoms with Gasteiger partial charge in [-0.05, 0) is 47.4 Å². The van der Waals surface area contributed by atoms with E-state index in [4.69, 9.17) is 10.5 Å². The maximum absolute atomic E-state index is 15.1. The maximum atomic E-state index is 15.1. The van der Waals surface area contributed by atoms with Crippen LogP contribution in [0.4, 0.5) is 17.6 Å². The number of aliphatic hydroxyl groups excluding tert-OH is 1. The molecule has 0 radical (unpaired) electrons. The molecular weight excluding hydrogens is 462 g/mol. The van der Waals surface area contributed by atoms with Crippen LogP contribution in [0.5, 0.6) is 5.75 Å². The Labute approximate surface area is 202 Å². The molecule has 9 heteroatoms. The van der Waals surface area contributed by atoms with Gasteiger partial charge in [0.2, 0.25) is 0 Å². The van der Waals surface area contributed by atoms with Gasteiger partial charge in [0.25, 0.3) is 5.92 Å². The minimum absolute atomic E-state index is 0.126. The molecule has 3 rings (SSSR count). The highest BCUT2D eigenvalue weighted by Crippen LogP contribution is 2.35. The van der Waals surface area contributed by atoms with E-state index in [1.54, 1.807) is 35.5 Å². The number of halogens is 4. The van der Waals surface area contributed by atoms with Gasteiger partial charge in [0.1, 0.15) is 11.9 Å². The minimum atomic E-state index is -3.56. The predicted octanol–water partition coefficient (Wildman–Crippen LogP) is 5.27. The molecule has 0 fully saturated rings. The van der Waals surface area contributed by atoms with Crippen molar-refractivity contribution < 1.29 is 27.4 Å². The number of nitrogens with zero attached hydrogens (tertiary/aromatic N) is 1. The third-order valence-corrected chi connectivity index (χ3v) is 5.59. The molecule has 0 saturated carbocycles. The average Bonchev–Trinajstić information content (AvgIpc) is 2.81. The first-order chi connectivity index (χ1) is 16.5. The van der Waals surface area contributed by atoms with Crippen molar-refractivity contribution in [1.29, 1.82) is 0 Å². The van der Waals surface area contributed by atoms with Crippen molar-refractivity contribution in [1.82, 2.24) is 10.4 Å². The summed E-state index contributed by atoms with van der Waals surface area (Å²) in [5.41, 5.74) is 10.3. The van der Waals surface area contributed by atoms with Crippen LogP contribution in [-0.2, 0) is 0 Å². The number of hydrazine groups is 1. The molecular formula is C26H29F4N3O2. The van der Waals surface area contributed by atoms with E-state index in [1.807, 2.05) is 13.8 Å². The molecule has 2 unspecified atom stereocenters. The van der Waals surface area contributed by atoms with Gasteiger partial charge in [-0.3, -0.25) is 5.01 Å². The number of allylic oxidation sites excluding steroid dienone is 3. The number of alkyl halides is 2. The number of rotatable bonds is 10. The molecule has 5 nitrogen and oxygen atoms in total. The molecule has 0 amide bonds. The molecule has 1 aliphatic rings. The van der Waals surface area contributed by atoms with Crippen molar-refractivity contribution in [2.24, 2.45) is 11.7 Å². The van der Waals surface area contributed by atoms with Crippen molar-refractivity contribution in [2.45, 2.75) is 38.5 Å². The van der Waals surface area contributed by atoms with Crippen molar-refractivity contribution in [3.8, 4) is 5.75 Å². The van der Waals surface area contributed by atoms with Crippen molar-refractivity contribution >= 4 is 5.57 Å². The van der Waals surface area contributed by atoms with Crippen molar-refractivity contribution in [3.63, 3.8) is 0 Å². The Morgan fingerprint density at radius 1 is 1.14 bits per heavy atom. The highest BCUT2D eigenvalue weighted by Gasteiger charge is 2.39. The number of hydrogen-bond donors (Lipinski definition) is 3. The van der Waals surface area contributed by atoms with E-state index >= 15 is 4.39 Å². The topological polar surface area (TPSA) is 70.8 Å². The number of ether oxygens (including phenoxy) is 1. The molecule has 0 bridgehead atoms. The monoisotopic (exact) mass is 491 g/mol. The van der Waals surface area contributed by atoms with Crippen LogP contribution in [0.1, 0.15) is 37.5 Å². The molecule has 188 valence electrons. The first-order valence-electron chi connectivity index (χ1n) is 11.1. The fraction of sp³-hybridized carbons (Fsp3) is 0.308. The molecule has 0 aromatic heterocycles. The predicted molar refractivity (Wildman–Crippen MR) is 127 cm³/mol. The Kier molecular flexibility index (Phi) is 8.37. The van der Waals surface area contributed by atoms with Gasteiger partial charge in [0.05, 0.1) is 18.5 Å². The van der Waals surface area contributed by atoms with E-state index in [1.165, 1.54) is 6.07 Å². The SMILES string of the molecule is C=C1C=C(c2cccc(OCCC(F)(F)C(O)c3ccc(F)cc3)c2F)C=CN1NC(N)C(C)C. The van der Waals surface area contributed by atoms with Gasteiger partial charge < -0.3 is 15.6 Å². The summed E-state index contributed by atoms with van der Waals surface area (Å²) in [6.45, 7) is 7.35. The Hall–Kier alpha value is -3.14. The van der Waals surface area contributed by atoms with Crippen LogP contribution in [0.2, 0.25) is 0 Å². The first-order valence-corrected chi connectivity index (χ1v) is 11.1. The average molecular weight is 492 g/mol. The Bertz CT molecular complexity index is 1100. The number of nitrogens with one attached hydrogen (secondary N) is 1. The van der Waals surface area contributed by atoms with Crippen LogP contribution in [0, 0.1) is 17.6 Å². The maximum Gasteiger partial charge on any atom is 0.280 e. The van der Waals surface area contributed by atoms with Gasteiger partial charge in [0, 0.05) is 18.2 Å². The molecule has 35 heavy (non-hydrogen) atoms. The molecule has 2 aromatic rings. The number of nitrogens with two attached hydrogens (primary N) is 1. The van der Waals surface area contributed by atoms with Crippen LogP contribution in [0.15, 0.2) is 73.1 Å². The smallest absolute Gasteiger partial charge is 0.280 e. The van der Waals surface area contributed by atoms with E-state index in [2.05, 4.69) is 12.0 Å². The Morgan fingerprint density at radius 3 is 2.46 bits per heavy atom. The number of aliphatic hydroxyl groups is 1. The first kappa shape index (κ1) is 26.5. The van der Waals surface area contributed by atoms with Gasteiger partial charge in [0.15, 0.2) is 11.6 Å². The zero-order valence-electron chi connectivity index (χ0n) is 19.5. The zero-order valence-corrected chi connectivity index (χ0v) is 19.5. The quantitative estimate of drug-likeness (QED) is 0.312. The number of benzene rings is 2. The molecule has 0 spiro atoms. The fourth-order valence-electron chi connectivity index (χ4n) is 3.32. The summed E-state index contributed by atoms with van der Waals surface area (Å²) in [7, 11) is 0. The third kappa shape index (κ3) is 6.50. The van der Waals surface area contributed by atoms with Gasteiger partial charge in [-0.15, -0.1) is 0 Å². The van der Waals surface area contributed by atoms with Crippen molar-refractivity contribution in [2.75, 3.05) is 6.61 Å². The lowest BCUT2D eigenvalue weighted by Gasteiger charge is -2.30. The van der Waals surface area contributed by atoms with Gasteiger partial charge >= 0.3 is 0 Å². The Balaban J connectivity index is 1.65. The molecule has 2 atom stereocenters. The van der Waals surface area contributed by atoms with E-state index in [9.17, 15) is 18.3 Å². The van der Waals surface area contributed by atoms with Crippen LogP contribution < -0.4 is 15.9 Å². The van der Waals surface area contributed by atoms with Gasteiger partial charge in [-0.25, -0.2) is 23.0 Å². The second kappa shape index (κ2) is 11.1. The molecule has 1 aliphatic heterocycles.